The highest BCUT2D eigenvalue weighted by molar-refractivity contribution is 4.95. The molecule has 1 saturated heterocycles. The minimum atomic E-state index is 0.790. The van der Waals surface area contributed by atoms with Crippen LogP contribution >= 0.6 is 0 Å². The van der Waals surface area contributed by atoms with Gasteiger partial charge in [0.15, 0.2) is 0 Å². The van der Waals surface area contributed by atoms with Gasteiger partial charge in [-0.25, -0.2) is 10.0 Å². The van der Waals surface area contributed by atoms with E-state index < -0.39 is 0 Å². The largest absolute Gasteiger partial charge is 0.370 e. The molecule has 0 bridgehead atoms. The van der Waals surface area contributed by atoms with Crippen LogP contribution in [-0.4, -0.2) is 102 Å². The molecule has 0 radical (unpaired) electrons. The molecular weight excluding hydrogens is 444 g/mol. The summed E-state index contributed by atoms with van der Waals surface area (Å²) >= 11 is 0. The van der Waals surface area contributed by atoms with E-state index in [1.54, 1.807) is 0 Å². The zero-order chi connectivity index (χ0) is 26.4. The third-order valence-electron chi connectivity index (χ3n) is 5.52. The van der Waals surface area contributed by atoms with Gasteiger partial charge in [0, 0.05) is 72.0 Å². The van der Waals surface area contributed by atoms with E-state index in [0.29, 0.717) is 0 Å². The first kappa shape index (κ1) is 31.0. The number of nitrogens with zero attached hydrogens (tertiary/aromatic N) is 6. The monoisotopic (exact) mass is 492 g/mol. The molecule has 1 rings (SSSR count). The second-order valence-electron chi connectivity index (χ2n) is 8.48. The maximum Gasteiger partial charge on any atom is 0.0491 e. The quantitative estimate of drug-likeness (QED) is 0.215. The molecule has 0 saturated carbocycles. The highest BCUT2D eigenvalue weighted by Crippen LogP contribution is 2.14. The molecule has 6 heteroatoms. The van der Waals surface area contributed by atoms with Crippen molar-refractivity contribution in [3.63, 3.8) is 0 Å². The Hall–Kier alpha value is -3.06. The Kier molecular flexibility index (Phi) is 17.3. The predicted molar refractivity (Wildman–Crippen MR) is 158 cm³/mol. The highest BCUT2D eigenvalue weighted by atomic mass is 15.9. The topological polar surface area (TPSA) is 19.4 Å². The molecule has 0 aromatic carbocycles. The van der Waals surface area contributed by atoms with E-state index in [2.05, 4.69) is 106 Å². The molecule has 6 nitrogen and oxygen atoms in total. The summed E-state index contributed by atoms with van der Waals surface area (Å²) in [5.74, 6) is 0. The lowest BCUT2D eigenvalue weighted by Crippen LogP contribution is -2.58. The fraction of sp³-hybridized carbons (Fsp3) is 0.400. The second-order valence-corrected chi connectivity index (χ2v) is 8.48. The normalized spacial score (nSPS) is 15.3. The van der Waals surface area contributed by atoms with Crippen LogP contribution in [0.2, 0.25) is 0 Å². The van der Waals surface area contributed by atoms with Crippen LogP contribution in [0.3, 0.4) is 0 Å². The predicted octanol–water partition coefficient (Wildman–Crippen LogP) is 4.69. The van der Waals surface area contributed by atoms with Crippen molar-refractivity contribution >= 4 is 0 Å². The lowest BCUT2D eigenvalue weighted by atomic mass is 10.3. The molecule has 0 atom stereocenters. The molecular formula is C30H48N6. The molecule has 0 aliphatic carbocycles. The Labute approximate surface area is 221 Å². The van der Waals surface area contributed by atoms with Crippen LogP contribution in [0.5, 0.6) is 0 Å². The minimum Gasteiger partial charge on any atom is -0.370 e. The van der Waals surface area contributed by atoms with Gasteiger partial charge < -0.3 is 14.7 Å². The van der Waals surface area contributed by atoms with Crippen molar-refractivity contribution in [1.82, 2.24) is 29.8 Å². The van der Waals surface area contributed by atoms with Gasteiger partial charge in [-0.15, -0.1) is 39.5 Å². The van der Waals surface area contributed by atoms with Crippen molar-refractivity contribution in [2.75, 3.05) is 72.0 Å². The zero-order valence-electron chi connectivity index (χ0n) is 22.3. The molecule has 198 valence electrons. The Bertz CT molecular complexity index is 679. The van der Waals surface area contributed by atoms with Gasteiger partial charge in [-0.05, 0) is 25.0 Å². The van der Waals surface area contributed by atoms with Crippen molar-refractivity contribution in [2.45, 2.75) is 6.42 Å². The van der Waals surface area contributed by atoms with Crippen molar-refractivity contribution in [3.05, 3.63) is 113 Å². The molecule has 0 unspecified atom stereocenters. The van der Waals surface area contributed by atoms with E-state index in [-0.39, 0.29) is 0 Å². The average Bonchev–Trinajstić information content (AvgIpc) is 2.86. The maximum atomic E-state index is 3.87. The molecule has 1 heterocycles. The summed E-state index contributed by atoms with van der Waals surface area (Å²) < 4.78 is 0. The third-order valence-corrected chi connectivity index (χ3v) is 5.52. The number of hydrogen-bond donors (Lipinski definition) is 0. The van der Waals surface area contributed by atoms with Crippen molar-refractivity contribution in [3.8, 4) is 0 Å². The van der Waals surface area contributed by atoms with Crippen LogP contribution in [-0.2, 0) is 0 Å². The number of hydrazine groups is 2. The van der Waals surface area contributed by atoms with Gasteiger partial charge in [-0.1, -0.05) is 54.7 Å². The molecule has 1 aliphatic heterocycles. The smallest absolute Gasteiger partial charge is 0.0491 e. The van der Waals surface area contributed by atoms with Gasteiger partial charge in [0.25, 0.3) is 0 Å². The highest BCUT2D eigenvalue weighted by Gasteiger charge is 2.24. The van der Waals surface area contributed by atoms with Crippen molar-refractivity contribution in [2.24, 2.45) is 0 Å². The molecule has 1 aliphatic rings. The van der Waals surface area contributed by atoms with Gasteiger partial charge in [0.1, 0.15) is 0 Å². The van der Waals surface area contributed by atoms with Gasteiger partial charge in [-0.2, -0.15) is 5.12 Å². The lowest BCUT2D eigenvalue weighted by molar-refractivity contribution is -0.194. The summed E-state index contributed by atoms with van der Waals surface area (Å²) in [6.45, 7) is 32.5. The van der Waals surface area contributed by atoms with Crippen LogP contribution in [0, 0.1) is 0 Å². The van der Waals surface area contributed by atoms with Crippen LogP contribution < -0.4 is 0 Å². The van der Waals surface area contributed by atoms with Gasteiger partial charge in [-0.3, -0.25) is 0 Å². The fourth-order valence-electron chi connectivity index (χ4n) is 3.96. The SMILES string of the molecule is C=CCN(C=CCN1CCCN(CC=CN(CC=C)CC=C)N1CC=CN(CC=C)CC=C)CC=C. The molecule has 0 N–H and O–H groups in total. The summed E-state index contributed by atoms with van der Waals surface area (Å²) in [5, 5.41) is 7.19. The Morgan fingerprint density at radius 1 is 0.472 bits per heavy atom. The molecule has 0 spiro atoms. The lowest BCUT2D eigenvalue weighted by Gasteiger charge is -2.45. The number of rotatable bonds is 21. The Balaban J connectivity index is 2.98. The van der Waals surface area contributed by atoms with Crippen LogP contribution in [0.25, 0.3) is 0 Å². The van der Waals surface area contributed by atoms with Gasteiger partial charge in [0.05, 0.1) is 0 Å². The third kappa shape index (κ3) is 12.6. The van der Waals surface area contributed by atoms with Gasteiger partial charge in [0.2, 0.25) is 0 Å². The standard InChI is InChI=1S/C30H48N6/c1-7-17-31(18-8-2)23-13-26-34-28-16-29-35(27-14-24-32(19-9-3)20-10-4)36(34)30-15-25-33(21-11-5)22-12-6/h7-15,23-25H,1-6,16-22,26-30H2. The molecule has 0 amide bonds. The van der Waals surface area contributed by atoms with Crippen molar-refractivity contribution < 1.29 is 0 Å². The van der Waals surface area contributed by atoms with E-state index in [4.69, 9.17) is 0 Å². The Morgan fingerprint density at radius 2 is 0.778 bits per heavy atom. The van der Waals surface area contributed by atoms with Crippen LogP contribution in [0.1, 0.15) is 6.42 Å². The maximum absolute atomic E-state index is 3.87. The van der Waals surface area contributed by atoms with Crippen LogP contribution in [0.15, 0.2) is 113 Å². The van der Waals surface area contributed by atoms with E-state index >= 15 is 0 Å². The molecule has 0 aromatic rings. The van der Waals surface area contributed by atoms with Crippen LogP contribution in [0.4, 0.5) is 0 Å². The molecule has 1 fully saturated rings. The van der Waals surface area contributed by atoms with E-state index in [1.165, 1.54) is 0 Å². The van der Waals surface area contributed by atoms with E-state index in [9.17, 15) is 0 Å². The summed E-state index contributed by atoms with van der Waals surface area (Å²) in [4.78, 5) is 6.60. The molecule has 36 heavy (non-hydrogen) atoms. The first-order valence-electron chi connectivity index (χ1n) is 12.8. The zero-order valence-corrected chi connectivity index (χ0v) is 22.3. The minimum absolute atomic E-state index is 0.790. The molecule has 0 aromatic heterocycles. The van der Waals surface area contributed by atoms with Crippen molar-refractivity contribution in [1.29, 1.82) is 0 Å². The summed E-state index contributed by atoms with van der Waals surface area (Å²) in [5.41, 5.74) is 0. The first-order chi connectivity index (χ1) is 17.6. The summed E-state index contributed by atoms with van der Waals surface area (Å²) in [6.07, 6.45) is 25.7. The van der Waals surface area contributed by atoms with E-state index in [0.717, 1.165) is 78.4 Å². The Morgan fingerprint density at radius 3 is 1.08 bits per heavy atom. The fourth-order valence-corrected chi connectivity index (χ4v) is 3.96. The summed E-state index contributed by atoms with van der Waals surface area (Å²) in [7, 11) is 0. The van der Waals surface area contributed by atoms with E-state index in [1.807, 2.05) is 36.5 Å². The average molecular weight is 493 g/mol. The summed E-state index contributed by atoms with van der Waals surface area (Å²) in [6, 6.07) is 0. The first-order valence-corrected chi connectivity index (χ1v) is 12.8. The number of hydrogen-bond acceptors (Lipinski definition) is 6. The van der Waals surface area contributed by atoms with Gasteiger partial charge >= 0.3 is 0 Å². The second kappa shape index (κ2) is 20.2.